The molecule has 104 heavy (non-hydrogen) atoms. The molecule has 0 spiro atoms. The fourth-order valence-electron chi connectivity index (χ4n) is 11.1. The lowest BCUT2D eigenvalue weighted by atomic mass is 10.1. The molecule has 17 nitrogen and oxygen atoms in total. The third kappa shape index (κ3) is 76.2. The Hall–Kier alpha value is -4.02. The van der Waals surface area contributed by atoms with Gasteiger partial charge in [-0.25, -0.2) is 9.13 Å². The zero-order valence-electron chi connectivity index (χ0n) is 65.9. The SMILES string of the molecule is CCCCC/C=C\C/C=C\C/C=C\C/C=C\C/C=C\CCC(=O)O[C@H](COC(=O)CCCCCCCCC/C=C\CCCCCC)COP(=O)(O)OC[C@H](O)COP(=O)(O)OC[C@@H](COC(=O)CCCCCCC/C=C\CCCCCCCC)OC(=O)CCCCCCCCC/C=C\CCCCCC. The number of hydrogen-bond donors (Lipinski definition) is 3. The largest absolute Gasteiger partial charge is 0.472 e. The molecule has 5 atom stereocenters. The summed E-state index contributed by atoms with van der Waals surface area (Å²) in [6, 6.07) is 0. The van der Waals surface area contributed by atoms with Crippen molar-refractivity contribution >= 4 is 39.5 Å². The first-order valence-electron chi connectivity index (χ1n) is 41.5. The third-order valence-electron chi connectivity index (χ3n) is 17.5. The molecule has 0 rings (SSSR count). The van der Waals surface area contributed by atoms with E-state index in [1.165, 1.54) is 122 Å². The number of hydrogen-bond acceptors (Lipinski definition) is 15. The minimum absolute atomic E-state index is 0.0286. The van der Waals surface area contributed by atoms with Gasteiger partial charge >= 0.3 is 39.5 Å². The summed E-state index contributed by atoms with van der Waals surface area (Å²) in [4.78, 5) is 73.1. The van der Waals surface area contributed by atoms with E-state index in [4.69, 9.17) is 37.0 Å². The zero-order chi connectivity index (χ0) is 76.0. The molecule has 0 aliphatic rings. The van der Waals surface area contributed by atoms with Crippen LogP contribution in [0.25, 0.3) is 0 Å². The van der Waals surface area contributed by atoms with Gasteiger partial charge < -0.3 is 33.8 Å². The van der Waals surface area contributed by atoms with Crippen LogP contribution >= 0.6 is 15.6 Å². The Morgan fingerprint density at radius 1 is 0.269 bits per heavy atom. The standard InChI is InChI=1S/C85H150O17P2/c1-5-9-13-17-21-25-29-33-37-38-39-40-44-48-52-56-60-64-68-72-85(90)102-81(76-96-83(88)70-66-62-58-54-50-46-42-35-31-27-23-19-15-11-7-3)78-100-104(93,94)98-74-79(86)73-97-103(91,92)99-77-80(101-84(89)71-67-63-59-55-51-47-43-36-32-28-24-20-16-12-8-4)75-95-82(87)69-65-61-57-53-49-45-41-34-30-26-22-18-14-10-6-2/h21,25,27-28,31-34,37,39-41,48,52,60,64,79-81,86H,5-20,22-24,26,29-30,35-36,38,42-47,49-51,53-59,61-63,65-78H2,1-4H3,(H,91,92)(H,93,94)/b25-21-,31-27-,32-28-,37-33-,40-39-,41-34-,52-48-,64-60-/t79-,80-,81-/m1/s1. The predicted molar refractivity (Wildman–Crippen MR) is 427 cm³/mol. The van der Waals surface area contributed by atoms with Crippen LogP contribution in [0.2, 0.25) is 0 Å². The molecule has 2 unspecified atom stereocenters. The predicted octanol–water partition coefficient (Wildman–Crippen LogP) is 24.3. The lowest BCUT2D eigenvalue weighted by Crippen LogP contribution is -2.30. The monoisotopic (exact) mass is 1510 g/mol. The third-order valence-corrected chi connectivity index (χ3v) is 19.4. The second-order valence-corrected chi connectivity index (χ2v) is 30.6. The van der Waals surface area contributed by atoms with Crippen LogP contribution in [-0.2, 0) is 65.4 Å². The second-order valence-electron chi connectivity index (χ2n) is 27.7. The topological polar surface area (TPSA) is 237 Å². The summed E-state index contributed by atoms with van der Waals surface area (Å²) in [7, 11) is -9.98. The number of aliphatic hydroxyl groups is 1. The molecule has 0 aromatic heterocycles. The minimum Gasteiger partial charge on any atom is -0.462 e. The van der Waals surface area contributed by atoms with Crippen molar-refractivity contribution in [2.45, 2.75) is 380 Å². The van der Waals surface area contributed by atoms with Crippen LogP contribution in [0.15, 0.2) is 97.2 Å². The highest BCUT2D eigenvalue weighted by atomic mass is 31.2. The van der Waals surface area contributed by atoms with Gasteiger partial charge in [0.2, 0.25) is 0 Å². The van der Waals surface area contributed by atoms with Crippen molar-refractivity contribution in [1.82, 2.24) is 0 Å². The number of carbonyl (C=O) groups is 4. The lowest BCUT2D eigenvalue weighted by molar-refractivity contribution is -0.161. The number of unbranched alkanes of at least 4 members (excludes halogenated alkanes) is 36. The molecule has 3 N–H and O–H groups in total. The molecule has 0 aliphatic carbocycles. The average molecular weight is 1510 g/mol. The van der Waals surface area contributed by atoms with Gasteiger partial charge in [-0.3, -0.25) is 37.3 Å². The van der Waals surface area contributed by atoms with E-state index in [0.29, 0.717) is 32.1 Å². The van der Waals surface area contributed by atoms with E-state index in [1.807, 2.05) is 18.2 Å². The summed E-state index contributed by atoms with van der Waals surface area (Å²) in [6.45, 7) is 4.77. The maximum atomic E-state index is 13.1. The fraction of sp³-hybridized carbons (Fsp3) is 0.765. The van der Waals surface area contributed by atoms with E-state index in [1.54, 1.807) is 0 Å². The Labute approximate surface area is 633 Å². The molecule has 0 aromatic carbocycles. The van der Waals surface area contributed by atoms with Crippen LogP contribution in [-0.4, -0.2) is 96.7 Å². The Morgan fingerprint density at radius 2 is 0.490 bits per heavy atom. The highest BCUT2D eigenvalue weighted by molar-refractivity contribution is 7.47. The van der Waals surface area contributed by atoms with Gasteiger partial charge in [0, 0.05) is 25.7 Å². The summed E-state index contributed by atoms with van der Waals surface area (Å²) in [5.74, 6) is -2.27. The molecule has 0 heterocycles. The number of ether oxygens (including phenoxy) is 4. The van der Waals surface area contributed by atoms with Crippen LogP contribution in [0.5, 0.6) is 0 Å². The molecule has 0 radical (unpaired) electrons. The molecular weight excluding hydrogens is 1350 g/mol. The van der Waals surface area contributed by atoms with Gasteiger partial charge in [-0.15, -0.1) is 0 Å². The van der Waals surface area contributed by atoms with Crippen molar-refractivity contribution in [3.05, 3.63) is 97.2 Å². The number of phosphoric acid groups is 2. The molecule has 602 valence electrons. The molecular formula is C85H150O17P2. The first-order valence-corrected chi connectivity index (χ1v) is 44.5. The number of carbonyl (C=O) groups excluding carboxylic acids is 4. The molecule has 0 saturated carbocycles. The molecule has 0 aromatic rings. The summed E-state index contributed by atoms with van der Waals surface area (Å²) >= 11 is 0. The Bertz CT molecular complexity index is 2350. The van der Waals surface area contributed by atoms with Gasteiger partial charge in [0.1, 0.15) is 19.3 Å². The molecule has 0 aliphatic heterocycles. The smallest absolute Gasteiger partial charge is 0.462 e. The van der Waals surface area contributed by atoms with Gasteiger partial charge in [0.05, 0.1) is 26.4 Å². The second kappa shape index (κ2) is 77.1. The maximum Gasteiger partial charge on any atom is 0.472 e. The number of allylic oxidation sites excluding steroid dienone is 16. The fourth-order valence-corrected chi connectivity index (χ4v) is 12.7. The van der Waals surface area contributed by atoms with Gasteiger partial charge in [0.15, 0.2) is 12.2 Å². The summed E-state index contributed by atoms with van der Waals surface area (Å²) in [5.41, 5.74) is 0. The first-order chi connectivity index (χ1) is 50.7. The van der Waals surface area contributed by atoms with E-state index in [0.717, 1.165) is 154 Å². The summed E-state index contributed by atoms with van der Waals surface area (Å²) in [6.07, 6.45) is 82.4. The van der Waals surface area contributed by atoms with Crippen molar-refractivity contribution in [2.24, 2.45) is 0 Å². The molecule has 0 amide bonds. The van der Waals surface area contributed by atoms with Crippen LogP contribution in [0, 0.1) is 0 Å². The van der Waals surface area contributed by atoms with E-state index >= 15 is 0 Å². The molecule has 0 saturated heterocycles. The maximum absolute atomic E-state index is 13.1. The van der Waals surface area contributed by atoms with E-state index in [2.05, 4.69) is 107 Å². The van der Waals surface area contributed by atoms with Crippen molar-refractivity contribution in [2.75, 3.05) is 39.6 Å². The van der Waals surface area contributed by atoms with Crippen LogP contribution in [0.3, 0.4) is 0 Å². The highest BCUT2D eigenvalue weighted by Gasteiger charge is 2.30. The van der Waals surface area contributed by atoms with E-state index in [-0.39, 0.29) is 25.7 Å². The Balaban J connectivity index is 5.43. The zero-order valence-corrected chi connectivity index (χ0v) is 67.7. The number of rotatable bonds is 78. The van der Waals surface area contributed by atoms with Crippen molar-refractivity contribution in [1.29, 1.82) is 0 Å². The van der Waals surface area contributed by atoms with E-state index in [9.17, 15) is 43.2 Å². The van der Waals surface area contributed by atoms with Crippen molar-refractivity contribution in [3.8, 4) is 0 Å². The number of phosphoric ester groups is 2. The lowest BCUT2D eigenvalue weighted by Gasteiger charge is -2.21. The van der Waals surface area contributed by atoms with E-state index < -0.39 is 97.5 Å². The van der Waals surface area contributed by atoms with Crippen molar-refractivity contribution in [3.63, 3.8) is 0 Å². The highest BCUT2D eigenvalue weighted by Crippen LogP contribution is 2.45. The quantitative estimate of drug-likeness (QED) is 0.0169. The van der Waals surface area contributed by atoms with Crippen molar-refractivity contribution < 1.29 is 80.2 Å². The van der Waals surface area contributed by atoms with Crippen LogP contribution in [0.1, 0.15) is 362 Å². The van der Waals surface area contributed by atoms with Crippen LogP contribution < -0.4 is 0 Å². The normalized spacial score (nSPS) is 14.3. The number of esters is 4. The van der Waals surface area contributed by atoms with Gasteiger partial charge in [-0.05, 0) is 141 Å². The Morgan fingerprint density at radius 3 is 0.817 bits per heavy atom. The first kappa shape index (κ1) is 100.0. The summed E-state index contributed by atoms with van der Waals surface area (Å²) in [5, 5.41) is 10.6. The van der Waals surface area contributed by atoms with Crippen LogP contribution in [0.4, 0.5) is 0 Å². The molecule has 0 bridgehead atoms. The van der Waals surface area contributed by atoms with Gasteiger partial charge in [0.25, 0.3) is 0 Å². The minimum atomic E-state index is -5.00. The molecule has 0 fully saturated rings. The average Bonchev–Trinajstić information content (AvgIpc) is 0.943. The van der Waals surface area contributed by atoms with Gasteiger partial charge in [-0.1, -0.05) is 292 Å². The molecule has 19 heteroatoms. The van der Waals surface area contributed by atoms with Gasteiger partial charge in [-0.2, -0.15) is 0 Å². The Kier molecular flexibility index (Phi) is 74.2. The summed E-state index contributed by atoms with van der Waals surface area (Å²) < 4.78 is 68.6. The number of aliphatic hydroxyl groups excluding tert-OH is 1.